The van der Waals surface area contributed by atoms with Crippen LogP contribution in [0.25, 0.3) is 0 Å². The maximum absolute atomic E-state index is 11.5. The molecule has 0 saturated carbocycles. The van der Waals surface area contributed by atoms with Crippen molar-refractivity contribution in [3.05, 3.63) is 11.9 Å². The van der Waals surface area contributed by atoms with Crippen LogP contribution in [0.15, 0.2) is 11.9 Å². The lowest BCUT2D eigenvalue weighted by molar-refractivity contribution is -0.140. The van der Waals surface area contributed by atoms with Gasteiger partial charge in [-0.3, -0.25) is 9.69 Å². The van der Waals surface area contributed by atoms with Crippen LogP contribution in [0, 0.1) is 0 Å². The first kappa shape index (κ1) is 8.65. The van der Waals surface area contributed by atoms with Crippen LogP contribution in [0.2, 0.25) is 0 Å². The summed E-state index contributed by atoms with van der Waals surface area (Å²) < 4.78 is 0. The van der Waals surface area contributed by atoms with Crippen molar-refractivity contribution in [2.45, 2.75) is 24.6 Å². The van der Waals surface area contributed by atoms with Crippen molar-refractivity contribution < 1.29 is 4.79 Å². The summed E-state index contributed by atoms with van der Waals surface area (Å²) in [6.07, 6.45) is 5.51. The molecule has 0 bridgehead atoms. The fraction of sp³-hybridized carbons (Fsp3) is 0.700. The first-order valence-electron chi connectivity index (χ1n) is 5.25. The molecule has 1 amide bonds. The summed E-state index contributed by atoms with van der Waals surface area (Å²) >= 11 is 1.88. The molecule has 0 aromatic heterocycles. The molecule has 1 unspecified atom stereocenters. The molecule has 3 aliphatic rings. The fourth-order valence-electron chi connectivity index (χ4n) is 2.36. The predicted octanol–water partition coefficient (Wildman–Crippen LogP) is 1.23. The van der Waals surface area contributed by atoms with Gasteiger partial charge in [0.25, 0.3) is 0 Å². The van der Waals surface area contributed by atoms with Crippen LogP contribution >= 0.6 is 11.8 Å². The van der Waals surface area contributed by atoms with Gasteiger partial charge in [0.15, 0.2) is 0 Å². The van der Waals surface area contributed by atoms with Crippen molar-refractivity contribution >= 4 is 17.7 Å². The van der Waals surface area contributed by atoms with E-state index in [1.807, 2.05) is 16.7 Å². The molecule has 14 heavy (non-hydrogen) atoms. The molecule has 0 aromatic rings. The third kappa shape index (κ3) is 1.16. The molecule has 0 radical (unpaired) electrons. The van der Waals surface area contributed by atoms with E-state index in [9.17, 15) is 4.79 Å². The van der Waals surface area contributed by atoms with Gasteiger partial charge in [0.2, 0.25) is 5.91 Å². The second kappa shape index (κ2) is 3.19. The Labute approximate surface area is 88.1 Å². The molecule has 0 aromatic carbocycles. The zero-order valence-electron chi connectivity index (χ0n) is 8.11. The van der Waals surface area contributed by atoms with E-state index < -0.39 is 0 Å². The van der Waals surface area contributed by atoms with Gasteiger partial charge < -0.3 is 4.90 Å². The van der Waals surface area contributed by atoms with Gasteiger partial charge in [-0.1, -0.05) is 0 Å². The third-order valence-corrected chi connectivity index (χ3v) is 4.26. The van der Waals surface area contributed by atoms with Gasteiger partial charge in [-0.05, 0) is 18.9 Å². The minimum atomic E-state index is 0.306. The number of β-lactam (4-membered cyclic amide) rings is 1. The molecule has 1 atom stereocenters. The zero-order chi connectivity index (χ0) is 9.54. The minimum absolute atomic E-state index is 0.306. The average molecular weight is 210 g/mol. The van der Waals surface area contributed by atoms with Gasteiger partial charge in [0.1, 0.15) is 5.82 Å². The van der Waals surface area contributed by atoms with E-state index in [0.717, 1.165) is 25.3 Å². The Bertz CT molecular complexity index is 296. The van der Waals surface area contributed by atoms with Gasteiger partial charge in [0.05, 0.1) is 11.8 Å². The first-order chi connectivity index (χ1) is 6.86. The minimum Gasteiger partial charge on any atom is -0.358 e. The monoisotopic (exact) mass is 210 g/mol. The first-order valence-corrected chi connectivity index (χ1v) is 6.30. The van der Waals surface area contributed by atoms with Crippen LogP contribution < -0.4 is 0 Å². The molecule has 0 N–H and O–H groups in total. The van der Waals surface area contributed by atoms with Gasteiger partial charge >= 0.3 is 0 Å². The maximum Gasteiger partial charge on any atom is 0.232 e. The van der Waals surface area contributed by atoms with Crippen molar-refractivity contribution in [2.24, 2.45) is 0 Å². The molecule has 2 saturated heterocycles. The molecule has 3 nitrogen and oxygen atoms in total. The number of likely N-dealkylation sites (tertiary alicyclic amines) is 1. The molecule has 3 rings (SSSR count). The number of hydrogen-bond donors (Lipinski definition) is 0. The highest BCUT2D eigenvalue weighted by atomic mass is 32.2. The maximum atomic E-state index is 11.5. The summed E-state index contributed by atoms with van der Waals surface area (Å²) in [7, 11) is 0. The standard InChI is InChI=1S/C10H14N2OS/c13-9-7-10-12(9)8(3-6-14-10)11-4-1-2-5-11/h3,10H,1-2,4-7H2. The molecule has 76 valence electrons. The van der Waals surface area contributed by atoms with Gasteiger partial charge in [0, 0.05) is 18.8 Å². The number of nitrogens with zero attached hydrogens (tertiary/aromatic N) is 2. The Kier molecular flexibility index (Phi) is 1.97. The van der Waals surface area contributed by atoms with Crippen molar-refractivity contribution in [1.82, 2.24) is 9.80 Å². The number of thioether (sulfide) groups is 1. The summed E-state index contributed by atoms with van der Waals surface area (Å²) in [4.78, 5) is 15.8. The van der Waals surface area contributed by atoms with Crippen LogP contribution in [0.3, 0.4) is 0 Å². The summed E-state index contributed by atoms with van der Waals surface area (Å²) in [6, 6.07) is 0. The smallest absolute Gasteiger partial charge is 0.232 e. The quantitative estimate of drug-likeness (QED) is 0.608. The third-order valence-electron chi connectivity index (χ3n) is 3.14. The van der Waals surface area contributed by atoms with Gasteiger partial charge in [-0.25, -0.2) is 0 Å². The number of fused-ring (bicyclic) bond motifs is 1. The summed E-state index contributed by atoms with van der Waals surface area (Å²) in [5.41, 5.74) is 0. The summed E-state index contributed by atoms with van der Waals surface area (Å²) in [6.45, 7) is 2.26. The van der Waals surface area contributed by atoms with Crippen molar-refractivity contribution in [1.29, 1.82) is 0 Å². The number of rotatable bonds is 1. The van der Waals surface area contributed by atoms with E-state index in [1.54, 1.807) is 0 Å². The lowest BCUT2D eigenvalue weighted by Gasteiger charge is -2.46. The Morgan fingerprint density at radius 2 is 2.14 bits per heavy atom. The normalized spacial score (nSPS) is 31.3. The Morgan fingerprint density at radius 1 is 1.36 bits per heavy atom. The average Bonchev–Trinajstić information content (AvgIpc) is 2.68. The van der Waals surface area contributed by atoms with E-state index in [1.165, 1.54) is 18.7 Å². The molecule has 4 heteroatoms. The van der Waals surface area contributed by atoms with E-state index in [0.29, 0.717) is 11.3 Å². The Morgan fingerprint density at radius 3 is 2.86 bits per heavy atom. The highest BCUT2D eigenvalue weighted by Gasteiger charge is 2.42. The van der Waals surface area contributed by atoms with Crippen molar-refractivity contribution in [3.8, 4) is 0 Å². The molecule has 3 aliphatic heterocycles. The second-order valence-electron chi connectivity index (χ2n) is 4.01. The van der Waals surface area contributed by atoms with Crippen LogP contribution in [0.4, 0.5) is 0 Å². The largest absolute Gasteiger partial charge is 0.358 e. The molecule has 2 fully saturated rings. The lowest BCUT2D eigenvalue weighted by Crippen LogP contribution is -2.54. The Hall–Kier alpha value is -0.640. The summed E-state index contributed by atoms with van der Waals surface area (Å²) in [5, 5.41) is 0.447. The second-order valence-corrected chi connectivity index (χ2v) is 5.22. The molecular formula is C10H14N2OS. The van der Waals surface area contributed by atoms with Gasteiger partial charge in [-0.15, -0.1) is 11.8 Å². The highest BCUT2D eigenvalue weighted by Crippen LogP contribution is 2.38. The molecule has 3 heterocycles. The SMILES string of the molecule is O=C1CC2SCC=C(N3CCCC3)N12. The highest BCUT2D eigenvalue weighted by molar-refractivity contribution is 8.00. The van der Waals surface area contributed by atoms with E-state index >= 15 is 0 Å². The number of hydrogen-bond acceptors (Lipinski definition) is 3. The van der Waals surface area contributed by atoms with Crippen LogP contribution in [0.1, 0.15) is 19.3 Å². The van der Waals surface area contributed by atoms with Crippen molar-refractivity contribution in [3.63, 3.8) is 0 Å². The van der Waals surface area contributed by atoms with E-state index in [2.05, 4.69) is 11.0 Å². The van der Waals surface area contributed by atoms with Crippen molar-refractivity contribution in [2.75, 3.05) is 18.8 Å². The topological polar surface area (TPSA) is 23.6 Å². The fourth-order valence-corrected chi connectivity index (χ4v) is 3.46. The predicted molar refractivity (Wildman–Crippen MR) is 56.6 cm³/mol. The Balaban J connectivity index is 1.82. The summed E-state index contributed by atoms with van der Waals surface area (Å²) in [5.74, 6) is 2.57. The number of carbonyl (C=O) groups excluding carboxylic acids is 1. The molecule has 0 spiro atoms. The van der Waals surface area contributed by atoms with E-state index in [-0.39, 0.29) is 0 Å². The van der Waals surface area contributed by atoms with Crippen LogP contribution in [-0.2, 0) is 4.79 Å². The number of carbonyl (C=O) groups is 1. The van der Waals surface area contributed by atoms with Crippen LogP contribution in [-0.4, -0.2) is 39.9 Å². The molecule has 0 aliphatic carbocycles. The number of amides is 1. The zero-order valence-corrected chi connectivity index (χ0v) is 8.92. The van der Waals surface area contributed by atoms with Crippen LogP contribution in [0.5, 0.6) is 0 Å². The molecular weight excluding hydrogens is 196 g/mol. The van der Waals surface area contributed by atoms with E-state index in [4.69, 9.17) is 0 Å². The lowest BCUT2D eigenvalue weighted by atomic mass is 10.2. The van der Waals surface area contributed by atoms with Gasteiger partial charge in [-0.2, -0.15) is 0 Å².